The number of carbonyl (C=O) groups excluding carboxylic acids is 1. The van der Waals surface area contributed by atoms with Crippen LogP contribution in [-0.4, -0.2) is 34.4 Å². The number of anilines is 2. The Kier molecular flexibility index (Phi) is 4.34. The zero-order chi connectivity index (χ0) is 18.1. The van der Waals surface area contributed by atoms with Crippen molar-refractivity contribution in [2.45, 2.75) is 6.42 Å². The molecule has 5 nitrogen and oxygen atoms in total. The van der Waals surface area contributed by atoms with E-state index in [-0.39, 0.29) is 5.02 Å². The van der Waals surface area contributed by atoms with Crippen molar-refractivity contribution in [3.8, 4) is 0 Å². The topological polar surface area (TPSA) is 61.0 Å². The molecular formula is C19H16ClFN4O. The number of rotatable bonds is 4. The number of fused-ring (bicyclic) bond motifs is 1. The molecule has 2 aromatic heterocycles. The van der Waals surface area contributed by atoms with E-state index < -0.39 is 5.82 Å². The summed E-state index contributed by atoms with van der Waals surface area (Å²) in [4.78, 5) is 20.3. The van der Waals surface area contributed by atoms with E-state index in [0.29, 0.717) is 18.8 Å². The van der Waals surface area contributed by atoms with Gasteiger partial charge in [-0.15, -0.1) is 0 Å². The van der Waals surface area contributed by atoms with Crippen molar-refractivity contribution in [3.05, 3.63) is 59.1 Å². The Labute approximate surface area is 154 Å². The molecule has 0 saturated carbocycles. The van der Waals surface area contributed by atoms with Crippen molar-refractivity contribution in [2.75, 3.05) is 18.4 Å². The summed E-state index contributed by atoms with van der Waals surface area (Å²) >= 11 is 5.86. The van der Waals surface area contributed by atoms with Crippen LogP contribution in [0, 0.1) is 5.82 Å². The molecule has 1 aliphatic rings. The number of nitrogens with zero attached hydrogens (tertiary/aromatic N) is 2. The third-order valence-electron chi connectivity index (χ3n) is 4.47. The molecule has 3 heterocycles. The van der Waals surface area contributed by atoms with Gasteiger partial charge in [0.2, 0.25) is 6.41 Å². The molecule has 1 aromatic carbocycles. The lowest BCUT2D eigenvalue weighted by Crippen LogP contribution is -2.26. The van der Waals surface area contributed by atoms with Gasteiger partial charge in [-0.05, 0) is 42.3 Å². The molecule has 3 aromatic rings. The van der Waals surface area contributed by atoms with Crippen molar-refractivity contribution in [1.29, 1.82) is 0 Å². The maximum atomic E-state index is 13.3. The fourth-order valence-electron chi connectivity index (χ4n) is 3.06. The van der Waals surface area contributed by atoms with Crippen molar-refractivity contribution in [1.82, 2.24) is 14.9 Å². The predicted molar refractivity (Wildman–Crippen MR) is 101 cm³/mol. The van der Waals surface area contributed by atoms with Crippen molar-refractivity contribution in [2.24, 2.45) is 0 Å². The predicted octanol–water partition coefficient (Wildman–Crippen LogP) is 4.34. The van der Waals surface area contributed by atoms with Crippen LogP contribution in [0.2, 0.25) is 5.02 Å². The van der Waals surface area contributed by atoms with Crippen LogP contribution in [0.25, 0.3) is 16.6 Å². The molecule has 7 heteroatoms. The Hall–Kier alpha value is -2.86. The van der Waals surface area contributed by atoms with Crippen molar-refractivity contribution < 1.29 is 9.18 Å². The Bertz CT molecular complexity index is 1010. The van der Waals surface area contributed by atoms with Gasteiger partial charge in [0.05, 0.1) is 10.7 Å². The van der Waals surface area contributed by atoms with E-state index in [1.165, 1.54) is 6.07 Å². The van der Waals surface area contributed by atoms with Crippen LogP contribution in [0.4, 0.5) is 15.8 Å². The number of hydrogen-bond acceptors (Lipinski definition) is 3. The lowest BCUT2D eigenvalue weighted by molar-refractivity contribution is -0.117. The maximum Gasteiger partial charge on any atom is 0.209 e. The third-order valence-corrected chi connectivity index (χ3v) is 4.76. The van der Waals surface area contributed by atoms with Gasteiger partial charge in [-0.3, -0.25) is 4.79 Å². The Morgan fingerprint density at radius 2 is 2.19 bits per heavy atom. The highest BCUT2D eigenvalue weighted by Gasteiger charge is 2.15. The highest BCUT2D eigenvalue weighted by molar-refractivity contribution is 6.31. The van der Waals surface area contributed by atoms with E-state index in [1.54, 1.807) is 23.2 Å². The van der Waals surface area contributed by atoms with Gasteiger partial charge in [-0.25, -0.2) is 9.37 Å². The van der Waals surface area contributed by atoms with Crippen LogP contribution in [0.5, 0.6) is 0 Å². The first kappa shape index (κ1) is 16.6. The normalized spacial score (nSPS) is 14.4. The van der Waals surface area contributed by atoms with Crippen molar-refractivity contribution in [3.63, 3.8) is 0 Å². The maximum absolute atomic E-state index is 13.3. The van der Waals surface area contributed by atoms with Crippen molar-refractivity contribution >= 4 is 46.0 Å². The summed E-state index contributed by atoms with van der Waals surface area (Å²) in [6, 6.07) is 8.42. The molecular weight excluding hydrogens is 355 g/mol. The Balaban J connectivity index is 1.66. The second-order valence-corrected chi connectivity index (χ2v) is 6.54. The minimum absolute atomic E-state index is 0.0714. The van der Waals surface area contributed by atoms with E-state index in [2.05, 4.69) is 21.4 Å². The summed E-state index contributed by atoms with van der Waals surface area (Å²) in [5.74, 6) is -0.449. The van der Waals surface area contributed by atoms with Crippen LogP contribution in [0.15, 0.2) is 42.6 Å². The number of aromatic nitrogens is 2. The van der Waals surface area contributed by atoms with Gasteiger partial charge in [0, 0.05) is 36.1 Å². The van der Waals surface area contributed by atoms with E-state index in [0.717, 1.165) is 40.8 Å². The smallest absolute Gasteiger partial charge is 0.209 e. The first-order valence-electron chi connectivity index (χ1n) is 8.22. The number of H-pyrrole nitrogens is 1. The van der Waals surface area contributed by atoms with E-state index in [9.17, 15) is 9.18 Å². The lowest BCUT2D eigenvalue weighted by atomic mass is 10.1. The molecule has 1 aliphatic heterocycles. The fraction of sp³-hybridized carbons (Fsp3) is 0.158. The lowest BCUT2D eigenvalue weighted by Gasteiger charge is -2.21. The van der Waals surface area contributed by atoms with E-state index in [1.807, 2.05) is 12.1 Å². The van der Waals surface area contributed by atoms with Gasteiger partial charge in [0.15, 0.2) is 0 Å². The molecule has 0 spiro atoms. The molecule has 132 valence electrons. The number of halogens is 2. The highest BCUT2D eigenvalue weighted by atomic mass is 35.5. The van der Waals surface area contributed by atoms with Crippen LogP contribution >= 0.6 is 11.6 Å². The Morgan fingerprint density at radius 3 is 2.92 bits per heavy atom. The molecule has 0 fully saturated rings. The minimum Gasteiger partial charge on any atom is -0.355 e. The van der Waals surface area contributed by atoms with E-state index >= 15 is 0 Å². The monoisotopic (exact) mass is 370 g/mol. The third kappa shape index (κ3) is 3.15. The summed E-state index contributed by atoms with van der Waals surface area (Å²) in [7, 11) is 0. The second kappa shape index (κ2) is 6.80. The number of amides is 1. The standard InChI is InChI=1S/C19H16ClFN4O/c20-15-9-13(1-2-16(15)21)23-17-3-6-22-19-14(17)10-18(24-19)12-4-7-25(11-26)8-5-12/h1-4,6,9-11H,5,7-8H2,(H2,22,23,24). The second-order valence-electron chi connectivity index (χ2n) is 6.14. The van der Waals surface area contributed by atoms with Crippen LogP contribution in [0.3, 0.4) is 0 Å². The summed E-state index contributed by atoms with van der Waals surface area (Å²) in [6.45, 7) is 1.32. The largest absolute Gasteiger partial charge is 0.355 e. The summed E-state index contributed by atoms with van der Waals surface area (Å²) in [6.07, 6.45) is 5.42. The minimum atomic E-state index is -0.449. The SMILES string of the molecule is O=CN1CC=C(c2cc3c(Nc4ccc(F)c(Cl)c4)ccnc3[nH]2)CC1. The van der Waals surface area contributed by atoms with Gasteiger partial charge < -0.3 is 15.2 Å². The highest BCUT2D eigenvalue weighted by Crippen LogP contribution is 2.31. The number of pyridine rings is 1. The first-order chi connectivity index (χ1) is 12.6. The zero-order valence-electron chi connectivity index (χ0n) is 13.8. The number of benzene rings is 1. The number of nitrogens with one attached hydrogen (secondary N) is 2. The first-order valence-corrected chi connectivity index (χ1v) is 8.60. The quantitative estimate of drug-likeness (QED) is 0.671. The molecule has 2 N–H and O–H groups in total. The molecule has 0 radical (unpaired) electrons. The zero-order valence-corrected chi connectivity index (χ0v) is 14.6. The average molecular weight is 371 g/mol. The molecule has 1 amide bonds. The molecule has 26 heavy (non-hydrogen) atoms. The number of carbonyl (C=O) groups is 1. The van der Waals surface area contributed by atoms with Gasteiger partial charge in [0.25, 0.3) is 0 Å². The molecule has 4 rings (SSSR count). The van der Waals surface area contributed by atoms with Gasteiger partial charge >= 0.3 is 0 Å². The van der Waals surface area contributed by atoms with Gasteiger partial charge in [-0.1, -0.05) is 17.7 Å². The number of aromatic amines is 1. The van der Waals surface area contributed by atoms with E-state index in [4.69, 9.17) is 11.6 Å². The Morgan fingerprint density at radius 1 is 1.31 bits per heavy atom. The average Bonchev–Trinajstić information content (AvgIpc) is 3.10. The molecule has 0 aliphatic carbocycles. The fourth-order valence-corrected chi connectivity index (χ4v) is 3.24. The summed E-state index contributed by atoms with van der Waals surface area (Å²) in [5.41, 5.74) is 4.47. The molecule has 0 atom stereocenters. The summed E-state index contributed by atoms with van der Waals surface area (Å²) in [5, 5.41) is 4.27. The molecule has 0 bridgehead atoms. The van der Waals surface area contributed by atoms with Gasteiger partial charge in [-0.2, -0.15) is 0 Å². The number of hydrogen-bond donors (Lipinski definition) is 2. The molecule has 0 saturated heterocycles. The summed E-state index contributed by atoms with van der Waals surface area (Å²) < 4.78 is 13.3. The van der Waals surface area contributed by atoms with Crippen LogP contribution in [0.1, 0.15) is 12.1 Å². The van der Waals surface area contributed by atoms with Crippen LogP contribution in [-0.2, 0) is 4.79 Å². The molecule has 0 unspecified atom stereocenters. The van der Waals surface area contributed by atoms with Crippen LogP contribution < -0.4 is 5.32 Å². The van der Waals surface area contributed by atoms with Gasteiger partial charge in [0.1, 0.15) is 11.5 Å².